The summed E-state index contributed by atoms with van der Waals surface area (Å²) in [4.78, 5) is 0. The molecule has 82 valence electrons. The average molecular weight is 206 g/mol. The van der Waals surface area contributed by atoms with E-state index in [1.165, 1.54) is 0 Å². The summed E-state index contributed by atoms with van der Waals surface area (Å²) < 4.78 is 1.71. The van der Waals surface area contributed by atoms with E-state index in [4.69, 9.17) is 5.26 Å². The molecule has 0 fully saturated rings. The van der Waals surface area contributed by atoms with Crippen LogP contribution in [0.2, 0.25) is 0 Å². The van der Waals surface area contributed by atoms with Crippen molar-refractivity contribution in [1.82, 2.24) is 15.0 Å². The quantitative estimate of drug-likeness (QED) is 0.762. The molecule has 1 heterocycles. The first-order valence-electron chi connectivity index (χ1n) is 5.34. The van der Waals surface area contributed by atoms with Crippen molar-refractivity contribution in [3.63, 3.8) is 0 Å². The van der Waals surface area contributed by atoms with Crippen molar-refractivity contribution in [3.8, 4) is 6.07 Å². The number of nitriles is 1. The lowest BCUT2D eigenvalue weighted by molar-refractivity contribution is 0.548. The lowest BCUT2D eigenvalue weighted by Crippen LogP contribution is -2.14. The van der Waals surface area contributed by atoms with Crippen molar-refractivity contribution in [2.24, 2.45) is 0 Å². The first-order chi connectivity index (χ1) is 7.00. The van der Waals surface area contributed by atoms with Gasteiger partial charge < -0.3 is 0 Å². The van der Waals surface area contributed by atoms with E-state index in [-0.39, 0.29) is 5.41 Å². The Bertz CT molecular complexity index is 365. The van der Waals surface area contributed by atoms with Crippen LogP contribution in [0.3, 0.4) is 0 Å². The van der Waals surface area contributed by atoms with Gasteiger partial charge in [-0.2, -0.15) is 5.26 Å². The fourth-order valence-corrected chi connectivity index (χ4v) is 1.39. The largest absolute Gasteiger partial charge is 0.234 e. The molecule has 0 unspecified atom stereocenters. The molecule has 1 aromatic rings. The summed E-state index contributed by atoms with van der Waals surface area (Å²) in [5.74, 6) is 0. The zero-order chi connectivity index (χ0) is 11.5. The smallest absolute Gasteiger partial charge is 0.162 e. The van der Waals surface area contributed by atoms with Gasteiger partial charge in [0.05, 0.1) is 0 Å². The number of hydrogen-bond acceptors (Lipinski definition) is 3. The highest BCUT2D eigenvalue weighted by atomic mass is 15.4. The van der Waals surface area contributed by atoms with E-state index in [0.717, 1.165) is 25.1 Å². The predicted octanol–water partition coefficient (Wildman–Crippen LogP) is 2.25. The van der Waals surface area contributed by atoms with Gasteiger partial charge in [-0.25, -0.2) is 4.68 Å². The number of hydrogen-bond donors (Lipinski definition) is 0. The number of rotatable bonds is 3. The molecule has 0 aliphatic carbocycles. The zero-order valence-corrected chi connectivity index (χ0v) is 9.91. The van der Waals surface area contributed by atoms with Gasteiger partial charge in [0.2, 0.25) is 0 Å². The fourth-order valence-electron chi connectivity index (χ4n) is 1.39. The molecule has 4 nitrogen and oxygen atoms in total. The van der Waals surface area contributed by atoms with Crippen LogP contribution >= 0.6 is 0 Å². The Hall–Kier alpha value is -1.37. The molecule has 0 atom stereocenters. The first kappa shape index (κ1) is 11.7. The lowest BCUT2D eigenvalue weighted by atomic mass is 9.91. The van der Waals surface area contributed by atoms with Gasteiger partial charge in [0.25, 0.3) is 0 Å². The Morgan fingerprint density at radius 3 is 2.53 bits per heavy atom. The third-order valence-electron chi connectivity index (χ3n) is 2.27. The molecule has 0 saturated carbocycles. The molecule has 0 aliphatic rings. The second-order valence-corrected chi connectivity index (χ2v) is 4.73. The summed E-state index contributed by atoms with van der Waals surface area (Å²) >= 11 is 0. The molecule has 0 bridgehead atoms. The predicted molar refractivity (Wildman–Crippen MR) is 58.3 cm³/mol. The van der Waals surface area contributed by atoms with Crippen LogP contribution in [0.4, 0.5) is 0 Å². The van der Waals surface area contributed by atoms with Crippen molar-refractivity contribution in [2.75, 3.05) is 0 Å². The summed E-state index contributed by atoms with van der Waals surface area (Å²) in [5.41, 5.74) is 1.28. The topological polar surface area (TPSA) is 54.5 Å². The Morgan fingerprint density at radius 1 is 1.40 bits per heavy atom. The lowest BCUT2D eigenvalue weighted by Gasteiger charge is -2.14. The Kier molecular flexibility index (Phi) is 3.46. The zero-order valence-electron chi connectivity index (χ0n) is 9.91. The molecule has 0 amide bonds. The van der Waals surface area contributed by atoms with Crippen LogP contribution in [0.5, 0.6) is 0 Å². The molecule has 1 aromatic heterocycles. The molecule has 0 saturated heterocycles. The van der Waals surface area contributed by atoms with Crippen LogP contribution in [0, 0.1) is 11.3 Å². The molecular weight excluding hydrogens is 188 g/mol. The minimum atomic E-state index is -0.116. The van der Waals surface area contributed by atoms with Gasteiger partial charge in [0, 0.05) is 12.0 Å². The van der Waals surface area contributed by atoms with Crippen LogP contribution in [0.15, 0.2) is 0 Å². The highest BCUT2D eigenvalue weighted by molar-refractivity contribution is 5.30. The standard InChI is InChI=1S/C11H18N4/c1-5-6-7-15-9(8-12)10(13-14-15)11(2,3)4/h5-7H2,1-4H3. The summed E-state index contributed by atoms with van der Waals surface area (Å²) in [6.45, 7) is 9.03. The van der Waals surface area contributed by atoms with Gasteiger partial charge in [0.15, 0.2) is 5.69 Å². The monoisotopic (exact) mass is 206 g/mol. The van der Waals surface area contributed by atoms with E-state index in [2.05, 4.69) is 23.3 Å². The van der Waals surface area contributed by atoms with Gasteiger partial charge in [-0.3, -0.25) is 0 Å². The van der Waals surface area contributed by atoms with Crippen molar-refractivity contribution in [2.45, 2.75) is 52.5 Å². The van der Waals surface area contributed by atoms with Gasteiger partial charge in [-0.1, -0.05) is 39.3 Å². The van der Waals surface area contributed by atoms with Gasteiger partial charge >= 0.3 is 0 Å². The average Bonchev–Trinajstić information content (AvgIpc) is 2.56. The summed E-state index contributed by atoms with van der Waals surface area (Å²) in [7, 11) is 0. The molecule has 0 N–H and O–H groups in total. The van der Waals surface area contributed by atoms with Crippen LogP contribution in [0.25, 0.3) is 0 Å². The first-order valence-corrected chi connectivity index (χ1v) is 5.34. The van der Waals surface area contributed by atoms with E-state index in [1.54, 1.807) is 4.68 Å². The van der Waals surface area contributed by atoms with Crippen LogP contribution in [0.1, 0.15) is 51.9 Å². The van der Waals surface area contributed by atoms with Crippen molar-refractivity contribution >= 4 is 0 Å². The molecule has 4 heteroatoms. The SMILES string of the molecule is CCCCn1nnc(C(C)(C)C)c1C#N. The molecule has 0 aliphatic heterocycles. The van der Waals surface area contributed by atoms with Crippen molar-refractivity contribution in [1.29, 1.82) is 5.26 Å². The molecule has 0 radical (unpaired) electrons. The number of unbranched alkanes of at least 4 members (excludes halogenated alkanes) is 1. The molecule has 1 rings (SSSR count). The third kappa shape index (κ3) is 2.56. The second kappa shape index (κ2) is 4.43. The maximum atomic E-state index is 9.10. The minimum Gasteiger partial charge on any atom is -0.234 e. The minimum absolute atomic E-state index is 0.116. The number of aryl methyl sites for hydroxylation is 1. The van der Waals surface area contributed by atoms with Crippen LogP contribution < -0.4 is 0 Å². The number of nitrogens with zero attached hydrogens (tertiary/aromatic N) is 4. The van der Waals surface area contributed by atoms with Gasteiger partial charge in [-0.05, 0) is 6.42 Å². The highest BCUT2D eigenvalue weighted by Crippen LogP contribution is 2.22. The van der Waals surface area contributed by atoms with Gasteiger partial charge in [-0.15, -0.1) is 5.10 Å². The van der Waals surface area contributed by atoms with E-state index in [1.807, 2.05) is 20.8 Å². The van der Waals surface area contributed by atoms with Crippen LogP contribution in [-0.2, 0) is 12.0 Å². The van der Waals surface area contributed by atoms with E-state index >= 15 is 0 Å². The summed E-state index contributed by atoms with van der Waals surface area (Å²) in [6, 6.07) is 2.20. The maximum Gasteiger partial charge on any atom is 0.162 e. The van der Waals surface area contributed by atoms with Gasteiger partial charge in [0.1, 0.15) is 11.8 Å². The maximum absolute atomic E-state index is 9.10. The van der Waals surface area contributed by atoms with Crippen molar-refractivity contribution in [3.05, 3.63) is 11.4 Å². The second-order valence-electron chi connectivity index (χ2n) is 4.73. The molecular formula is C11H18N4. The summed E-state index contributed by atoms with van der Waals surface area (Å²) in [5, 5.41) is 17.2. The Morgan fingerprint density at radius 2 is 2.07 bits per heavy atom. The van der Waals surface area contributed by atoms with E-state index in [9.17, 15) is 0 Å². The molecule has 0 spiro atoms. The Labute approximate surface area is 90.9 Å². The fraction of sp³-hybridized carbons (Fsp3) is 0.727. The Balaban J connectivity index is 3.02. The molecule has 15 heavy (non-hydrogen) atoms. The van der Waals surface area contributed by atoms with E-state index < -0.39 is 0 Å². The normalized spacial score (nSPS) is 11.4. The summed E-state index contributed by atoms with van der Waals surface area (Å²) in [6.07, 6.45) is 2.12. The number of aromatic nitrogens is 3. The molecule has 0 aromatic carbocycles. The highest BCUT2D eigenvalue weighted by Gasteiger charge is 2.24. The van der Waals surface area contributed by atoms with Crippen LogP contribution in [-0.4, -0.2) is 15.0 Å². The van der Waals surface area contributed by atoms with Crippen molar-refractivity contribution < 1.29 is 0 Å². The third-order valence-corrected chi connectivity index (χ3v) is 2.27. The van der Waals surface area contributed by atoms with E-state index in [0.29, 0.717) is 5.69 Å².